The molecule has 1 N–H and O–H groups in total. The van der Waals surface area contributed by atoms with Gasteiger partial charge >= 0.3 is 0 Å². The van der Waals surface area contributed by atoms with Crippen molar-refractivity contribution < 1.29 is 13.9 Å². The third kappa shape index (κ3) is 3.72. The molecule has 1 amide bonds. The summed E-state index contributed by atoms with van der Waals surface area (Å²) in [5.74, 6) is -0.0587. The molecule has 118 valence electrons. The zero-order valence-corrected chi connectivity index (χ0v) is 12.6. The number of carbonyl (C=O) groups excluding carboxylic acids is 1. The van der Waals surface area contributed by atoms with E-state index in [2.05, 4.69) is 11.4 Å². The Balaban J connectivity index is 1.55. The van der Waals surface area contributed by atoms with E-state index in [1.54, 1.807) is 12.1 Å². The number of nitrogens with one attached hydrogen (secondary N) is 1. The first-order valence-corrected chi connectivity index (χ1v) is 7.76. The average Bonchev–Trinajstić information content (AvgIpc) is 2.57. The van der Waals surface area contributed by atoms with Crippen molar-refractivity contribution >= 4 is 11.5 Å². The average molecular weight is 304 g/mol. The molecule has 0 aliphatic carbocycles. The number of nitrogens with zero attached hydrogens (tertiary/aromatic N) is 1. The van der Waals surface area contributed by atoms with Crippen LogP contribution in [0.2, 0.25) is 0 Å². The largest absolute Gasteiger partial charge is 0.378 e. The highest BCUT2D eigenvalue weighted by molar-refractivity contribution is 5.78. The van der Waals surface area contributed by atoms with E-state index < -0.39 is 0 Å². The summed E-state index contributed by atoms with van der Waals surface area (Å²) >= 11 is 0. The highest BCUT2D eigenvalue weighted by Gasteiger charge is 2.22. The minimum Gasteiger partial charge on any atom is -0.378 e. The van der Waals surface area contributed by atoms with Crippen molar-refractivity contribution in [2.75, 3.05) is 32.8 Å². The number of morpholine rings is 1. The van der Waals surface area contributed by atoms with Crippen LogP contribution < -0.4 is 5.32 Å². The smallest absolute Gasteiger partial charge is 0.224 e. The molecule has 0 spiro atoms. The zero-order valence-electron chi connectivity index (χ0n) is 12.6. The molecule has 0 radical (unpaired) electrons. The van der Waals surface area contributed by atoms with Crippen LogP contribution in [0.3, 0.4) is 0 Å². The monoisotopic (exact) mass is 304 g/mol. The van der Waals surface area contributed by atoms with Crippen LogP contribution in [0.25, 0.3) is 5.57 Å². The van der Waals surface area contributed by atoms with Crippen molar-refractivity contribution in [1.82, 2.24) is 10.2 Å². The Morgan fingerprint density at radius 3 is 2.82 bits per heavy atom. The van der Waals surface area contributed by atoms with E-state index in [9.17, 15) is 9.18 Å². The molecule has 5 heteroatoms. The van der Waals surface area contributed by atoms with Crippen LogP contribution in [0.1, 0.15) is 18.4 Å². The van der Waals surface area contributed by atoms with E-state index >= 15 is 0 Å². The second-order valence-electron chi connectivity index (χ2n) is 5.76. The second kappa shape index (κ2) is 7.03. The number of halogens is 1. The van der Waals surface area contributed by atoms with Crippen LogP contribution in [0.15, 0.2) is 30.3 Å². The summed E-state index contributed by atoms with van der Waals surface area (Å²) in [6.45, 7) is 3.48. The van der Waals surface area contributed by atoms with Gasteiger partial charge in [0.25, 0.3) is 0 Å². The van der Waals surface area contributed by atoms with Crippen molar-refractivity contribution in [2.45, 2.75) is 18.9 Å². The molecular formula is C17H21FN2O2. The first kappa shape index (κ1) is 15.2. The van der Waals surface area contributed by atoms with Gasteiger partial charge in [0, 0.05) is 32.1 Å². The molecule has 4 nitrogen and oxygen atoms in total. The van der Waals surface area contributed by atoms with E-state index in [-0.39, 0.29) is 17.8 Å². The molecule has 1 aromatic carbocycles. The summed E-state index contributed by atoms with van der Waals surface area (Å²) < 4.78 is 18.3. The van der Waals surface area contributed by atoms with E-state index in [1.807, 2.05) is 4.90 Å². The minimum absolute atomic E-state index is 0.128. The fourth-order valence-corrected chi connectivity index (χ4v) is 2.91. The SMILES string of the molecule is O=C(CC1COCCN1)N1CC=C(c2ccc(F)cc2)CC1. The van der Waals surface area contributed by atoms with Gasteiger partial charge in [-0.05, 0) is 29.7 Å². The molecule has 0 aromatic heterocycles. The lowest BCUT2D eigenvalue weighted by atomic mass is 9.99. The first-order valence-electron chi connectivity index (χ1n) is 7.76. The van der Waals surface area contributed by atoms with Crippen molar-refractivity contribution in [3.05, 3.63) is 41.7 Å². The minimum atomic E-state index is -0.223. The Morgan fingerprint density at radius 2 is 2.18 bits per heavy atom. The molecule has 1 saturated heterocycles. The topological polar surface area (TPSA) is 41.6 Å². The molecule has 3 rings (SSSR count). The van der Waals surface area contributed by atoms with Gasteiger partial charge in [-0.15, -0.1) is 0 Å². The fourth-order valence-electron chi connectivity index (χ4n) is 2.91. The van der Waals surface area contributed by atoms with Gasteiger partial charge in [0.1, 0.15) is 5.82 Å². The maximum atomic E-state index is 13.0. The summed E-state index contributed by atoms with van der Waals surface area (Å²) in [4.78, 5) is 14.2. The van der Waals surface area contributed by atoms with Crippen molar-refractivity contribution in [2.24, 2.45) is 0 Å². The third-order valence-corrected chi connectivity index (χ3v) is 4.20. The Morgan fingerprint density at radius 1 is 1.36 bits per heavy atom. The lowest BCUT2D eigenvalue weighted by Gasteiger charge is -2.30. The molecular weight excluding hydrogens is 283 g/mol. The second-order valence-corrected chi connectivity index (χ2v) is 5.76. The van der Waals surface area contributed by atoms with Gasteiger partial charge in [0.05, 0.1) is 13.2 Å². The molecule has 2 aliphatic rings. The third-order valence-electron chi connectivity index (χ3n) is 4.20. The maximum absolute atomic E-state index is 13.0. The van der Waals surface area contributed by atoms with Gasteiger partial charge in [-0.1, -0.05) is 18.2 Å². The summed E-state index contributed by atoms with van der Waals surface area (Å²) in [6.07, 6.45) is 3.37. The molecule has 0 bridgehead atoms. The predicted octanol–water partition coefficient (Wildman–Crippen LogP) is 1.82. The molecule has 1 fully saturated rings. The highest BCUT2D eigenvalue weighted by Crippen LogP contribution is 2.23. The Hall–Kier alpha value is -1.72. The number of amides is 1. The van der Waals surface area contributed by atoms with E-state index in [4.69, 9.17) is 4.74 Å². The van der Waals surface area contributed by atoms with Gasteiger partial charge in [-0.3, -0.25) is 4.79 Å². The van der Waals surface area contributed by atoms with Crippen LogP contribution in [-0.4, -0.2) is 49.7 Å². The summed E-state index contributed by atoms with van der Waals surface area (Å²) in [5, 5.41) is 3.31. The van der Waals surface area contributed by atoms with E-state index in [0.29, 0.717) is 19.6 Å². The number of hydrogen-bond donors (Lipinski definition) is 1. The number of benzene rings is 1. The molecule has 1 atom stereocenters. The molecule has 2 heterocycles. The zero-order chi connectivity index (χ0) is 15.4. The van der Waals surface area contributed by atoms with Crippen LogP contribution >= 0.6 is 0 Å². The van der Waals surface area contributed by atoms with Crippen molar-refractivity contribution in [3.63, 3.8) is 0 Å². The van der Waals surface area contributed by atoms with Gasteiger partial charge in [-0.2, -0.15) is 0 Å². The quantitative estimate of drug-likeness (QED) is 0.926. The van der Waals surface area contributed by atoms with Gasteiger partial charge in [0.2, 0.25) is 5.91 Å². The molecule has 2 aliphatic heterocycles. The predicted molar refractivity (Wildman–Crippen MR) is 82.8 cm³/mol. The van der Waals surface area contributed by atoms with Crippen LogP contribution in [-0.2, 0) is 9.53 Å². The molecule has 0 saturated carbocycles. The van der Waals surface area contributed by atoms with E-state index in [1.165, 1.54) is 17.7 Å². The summed E-state index contributed by atoms with van der Waals surface area (Å²) in [5.41, 5.74) is 2.22. The molecule has 1 unspecified atom stereocenters. The van der Waals surface area contributed by atoms with Gasteiger partial charge < -0.3 is 15.0 Å². The number of hydrogen-bond acceptors (Lipinski definition) is 3. The number of rotatable bonds is 3. The fraction of sp³-hybridized carbons (Fsp3) is 0.471. The molecule has 1 aromatic rings. The summed E-state index contributed by atoms with van der Waals surface area (Å²) in [6, 6.07) is 6.66. The van der Waals surface area contributed by atoms with Crippen LogP contribution in [0.4, 0.5) is 4.39 Å². The molecule has 22 heavy (non-hydrogen) atoms. The number of ether oxygens (including phenoxy) is 1. The van der Waals surface area contributed by atoms with Crippen LogP contribution in [0, 0.1) is 5.82 Å². The first-order chi connectivity index (χ1) is 10.7. The van der Waals surface area contributed by atoms with E-state index in [0.717, 1.165) is 31.7 Å². The standard InChI is InChI=1S/C17H21FN2O2/c18-15-3-1-13(2-4-15)14-5-8-20(9-6-14)17(21)11-16-12-22-10-7-19-16/h1-5,16,19H,6-12H2. The Bertz CT molecular complexity index is 550. The lowest BCUT2D eigenvalue weighted by Crippen LogP contribution is -2.45. The number of carbonyl (C=O) groups is 1. The summed E-state index contributed by atoms with van der Waals surface area (Å²) in [7, 11) is 0. The Labute approximate surface area is 129 Å². The van der Waals surface area contributed by atoms with Gasteiger partial charge in [0.15, 0.2) is 0 Å². The van der Waals surface area contributed by atoms with Crippen LogP contribution in [0.5, 0.6) is 0 Å². The van der Waals surface area contributed by atoms with Crippen molar-refractivity contribution in [3.8, 4) is 0 Å². The van der Waals surface area contributed by atoms with Gasteiger partial charge in [-0.25, -0.2) is 4.39 Å². The lowest BCUT2D eigenvalue weighted by molar-refractivity contribution is -0.132. The van der Waals surface area contributed by atoms with Crippen molar-refractivity contribution in [1.29, 1.82) is 0 Å². The maximum Gasteiger partial charge on any atom is 0.224 e. The highest BCUT2D eigenvalue weighted by atomic mass is 19.1. The normalized spacial score (nSPS) is 22.3. The Kier molecular flexibility index (Phi) is 4.85.